The summed E-state index contributed by atoms with van der Waals surface area (Å²) in [5, 5.41) is 4.66. The molecule has 152 valence electrons. The molecule has 3 heterocycles. The lowest BCUT2D eigenvalue weighted by Crippen LogP contribution is -2.49. The molecule has 0 aliphatic carbocycles. The number of nitrogens with zero attached hydrogens (tertiary/aromatic N) is 4. The number of piperazine rings is 1. The summed E-state index contributed by atoms with van der Waals surface area (Å²) >= 11 is 0. The molecule has 0 bridgehead atoms. The summed E-state index contributed by atoms with van der Waals surface area (Å²) in [6.45, 7) is 5.73. The highest BCUT2D eigenvalue weighted by atomic mass is 16.6. The monoisotopic (exact) mass is 394 g/mol. The molecule has 0 saturated carbocycles. The zero-order chi connectivity index (χ0) is 20.1. The summed E-state index contributed by atoms with van der Waals surface area (Å²) < 4.78 is 5.07. The Bertz CT molecular complexity index is 964. The molecule has 0 unspecified atom stereocenters. The highest BCUT2D eigenvalue weighted by molar-refractivity contribution is 5.83. The van der Waals surface area contributed by atoms with Gasteiger partial charge in [0, 0.05) is 55.9 Å². The molecule has 1 fully saturated rings. The zero-order valence-corrected chi connectivity index (χ0v) is 16.6. The number of benzene rings is 1. The second-order valence-electron chi connectivity index (χ2n) is 6.97. The molecule has 8 heteroatoms. The Morgan fingerprint density at radius 3 is 2.86 bits per heavy atom. The van der Waals surface area contributed by atoms with Crippen LogP contribution in [0, 0.1) is 0 Å². The number of rotatable bonds is 6. The van der Waals surface area contributed by atoms with Gasteiger partial charge in [0.15, 0.2) is 0 Å². The minimum atomic E-state index is -0.241. The summed E-state index contributed by atoms with van der Waals surface area (Å²) in [4.78, 5) is 27.8. The van der Waals surface area contributed by atoms with Crippen LogP contribution in [0.1, 0.15) is 12.5 Å². The van der Waals surface area contributed by atoms with Crippen molar-refractivity contribution in [1.82, 2.24) is 19.9 Å². The van der Waals surface area contributed by atoms with Gasteiger partial charge in [-0.15, -0.1) is 0 Å². The smallest absolute Gasteiger partial charge is 0.409 e. The van der Waals surface area contributed by atoms with Gasteiger partial charge in [0.05, 0.1) is 6.61 Å². The molecule has 8 nitrogen and oxygen atoms in total. The van der Waals surface area contributed by atoms with Crippen molar-refractivity contribution < 1.29 is 9.53 Å². The van der Waals surface area contributed by atoms with E-state index in [1.807, 2.05) is 19.1 Å². The molecule has 0 spiro atoms. The lowest BCUT2D eigenvalue weighted by Gasteiger charge is -2.34. The molecule has 4 rings (SSSR count). The van der Waals surface area contributed by atoms with E-state index in [0.717, 1.165) is 43.2 Å². The fourth-order valence-electron chi connectivity index (χ4n) is 3.61. The number of hydrogen-bond acceptors (Lipinski definition) is 6. The van der Waals surface area contributed by atoms with Gasteiger partial charge in [0.1, 0.15) is 18.0 Å². The molecule has 1 aliphatic rings. The number of ether oxygens (including phenoxy) is 1. The number of carbonyl (C=O) groups is 1. The average molecular weight is 394 g/mol. The van der Waals surface area contributed by atoms with Gasteiger partial charge in [-0.25, -0.2) is 14.8 Å². The summed E-state index contributed by atoms with van der Waals surface area (Å²) in [6.07, 6.45) is 4.32. The third-order valence-electron chi connectivity index (χ3n) is 5.16. The number of anilines is 2. The molecular formula is C21H26N6O2. The second kappa shape index (κ2) is 8.81. The lowest BCUT2D eigenvalue weighted by atomic mass is 10.1. The Morgan fingerprint density at radius 1 is 1.21 bits per heavy atom. The van der Waals surface area contributed by atoms with E-state index >= 15 is 0 Å². The lowest BCUT2D eigenvalue weighted by molar-refractivity contribution is 0.105. The Balaban J connectivity index is 1.31. The quantitative estimate of drug-likeness (QED) is 0.669. The van der Waals surface area contributed by atoms with E-state index < -0.39 is 0 Å². The van der Waals surface area contributed by atoms with Gasteiger partial charge in [-0.2, -0.15) is 0 Å². The fraction of sp³-hybridized carbons (Fsp3) is 0.381. The maximum atomic E-state index is 11.8. The predicted octanol–water partition coefficient (Wildman–Crippen LogP) is 2.89. The largest absolute Gasteiger partial charge is 0.450 e. The van der Waals surface area contributed by atoms with Crippen LogP contribution in [0.25, 0.3) is 10.9 Å². The maximum absolute atomic E-state index is 11.8. The molecule has 2 N–H and O–H groups in total. The molecule has 2 aromatic heterocycles. The van der Waals surface area contributed by atoms with Crippen LogP contribution < -0.4 is 10.2 Å². The fourth-order valence-corrected chi connectivity index (χ4v) is 3.61. The molecule has 3 aromatic rings. The van der Waals surface area contributed by atoms with Crippen LogP contribution in [0.5, 0.6) is 0 Å². The SMILES string of the molecule is CCOC(=O)N1CCN(c2cc(NCCc3c[nH]c4ccccc34)ncn2)CC1. The van der Waals surface area contributed by atoms with E-state index in [1.165, 1.54) is 10.9 Å². The molecule has 1 amide bonds. The van der Waals surface area contributed by atoms with E-state index in [0.29, 0.717) is 19.7 Å². The second-order valence-corrected chi connectivity index (χ2v) is 6.97. The van der Waals surface area contributed by atoms with E-state index in [-0.39, 0.29) is 6.09 Å². The predicted molar refractivity (Wildman–Crippen MR) is 113 cm³/mol. The van der Waals surface area contributed by atoms with Crippen LogP contribution in [0.3, 0.4) is 0 Å². The minimum absolute atomic E-state index is 0.241. The summed E-state index contributed by atoms with van der Waals surface area (Å²) in [6, 6.07) is 10.3. The third-order valence-corrected chi connectivity index (χ3v) is 5.16. The van der Waals surface area contributed by atoms with Gasteiger partial charge in [-0.3, -0.25) is 0 Å². The van der Waals surface area contributed by atoms with Crippen molar-refractivity contribution in [1.29, 1.82) is 0 Å². The number of H-pyrrole nitrogens is 1. The number of fused-ring (bicyclic) bond motifs is 1. The highest BCUT2D eigenvalue weighted by Crippen LogP contribution is 2.19. The molecule has 0 radical (unpaired) electrons. The van der Waals surface area contributed by atoms with Crippen LogP contribution in [0.2, 0.25) is 0 Å². The van der Waals surface area contributed by atoms with Gasteiger partial charge in [-0.1, -0.05) is 18.2 Å². The maximum Gasteiger partial charge on any atom is 0.409 e. The first-order valence-corrected chi connectivity index (χ1v) is 10.0. The van der Waals surface area contributed by atoms with Crippen LogP contribution in [-0.4, -0.2) is 65.3 Å². The van der Waals surface area contributed by atoms with Gasteiger partial charge >= 0.3 is 6.09 Å². The number of nitrogens with one attached hydrogen (secondary N) is 2. The first-order chi connectivity index (χ1) is 14.2. The highest BCUT2D eigenvalue weighted by Gasteiger charge is 2.22. The van der Waals surface area contributed by atoms with Crippen molar-refractivity contribution in [3.63, 3.8) is 0 Å². The Kier molecular flexibility index (Phi) is 5.79. The van der Waals surface area contributed by atoms with Crippen molar-refractivity contribution in [2.24, 2.45) is 0 Å². The number of para-hydroxylation sites is 1. The first-order valence-electron chi connectivity index (χ1n) is 10.0. The van der Waals surface area contributed by atoms with Crippen molar-refractivity contribution >= 4 is 28.6 Å². The molecule has 1 aliphatic heterocycles. The molecule has 1 aromatic carbocycles. The average Bonchev–Trinajstić information content (AvgIpc) is 3.17. The number of carbonyl (C=O) groups excluding carboxylic acids is 1. The topological polar surface area (TPSA) is 86.4 Å². The van der Waals surface area contributed by atoms with E-state index in [9.17, 15) is 4.79 Å². The van der Waals surface area contributed by atoms with Crippen molar-refractivity contribution in [3.8, 4) is 0 Å². The van der Waals surface area contributed by atoms with Crippen LogP contribution >= 0.6 is 0 Å². The van der Waals surface area contributed by atoms with Crippen LogP contribution in [-0.2, 0) is 11.2 Å². The third kappa shape index (κ3) is 4.42. The molecular weight excluding hydrogens is 368 g/mol. The zero-order valence-electron chi connectivity index (χ0n) is 16.6. The molecule has 29 heavy (non-hydrogen) atoms. The Labute approximate surface area is 169 Å². The van der Waals surface area contributed by atoms with Gasteiger partial charge < -0.3 is 24.8 Å². The van der Waals surface area contributed by atoms with Crippen molar-refractivity contribution in [2.45, 2.75) is 13.3 Å². The van der Waals surface area contributed by atoms with Crippen LogP contribution in [0.15, 0.2) is 42.9 Å². The standard InChI is InChI=1S/C21H26N6O2/c1-2-29-21(28)27-11-9-26(10-12-27)20-13-19(24-15-25-20)22-8-7-16-14-23-18-6-4-3-5-17(16)18/h3-6,13-15,23H,2,7-12H2,1H3,(H,22,24,25). The summed E-state index contributed by atoms with van der Waals surface area (Å²) in [5.41, 5.74) is 2.45. The van der Waals surface area contributed by atoms with E-state index in [4.69, 9.17) is 4.74 Å². The summed E-state index contributed by atoms with van der Waals surface area (Å²) in [5.74, 6) is 1.68. The van der Waals surface area contributed by atoms with Gasteiger partial charge in [0.2, 0.25) is 0 Å². The normalized spacial score (nSPS) is 14.2. The molecule has 0 atom stereocenters. The summed E-state index contributed by atoms with van der Waals surface area (Å²) in [7, 11) is 0. The van der Waals surface area contributed by atoms with E-state index in [1.54, 1.807) is 11.2 Å². The number of hydrogen-bond donors (Lipinski definition) is 2. The Morgan fingerprint density at radius 2 is 2.03 bits per heavy atom. The van der Waals surface area contributed by atoms with Crippen molar-refractivity contribution in [2.75, 3.05) is 49.5 Å². The van der Waals surface area contributed by atoms with Gasteiger partial charge in [0.25, 0.3) is 0 Å². The number of amides is 1. The minimum Gasteiger partial charge on any atom is -0.450 e. The number of aromatic amines is 1. The number of aromatic nitrogens is 3. The Hall–Kier alpha value is -3.29. The van der Waals surface area contributed by atoms with Crippen LogP contribution in [0.4, 0.5) is 16.4 Å². The van der Waals surface area contributed by atoms with Gasteiger partial charge in [-0.05, 0) is 25.0 Å². The van der Waals surface area contributed by atoms with E-state index in [2.05, 4.69) is 49.6 Å². The molecule has 1 saturated heterocycles. The van der Waals surface area contributed by atoms with Crippen molar-refractivity contribution in [3.05, 3.63) is 48.4 Å². The first kappa shape index (κ1) is 19.0.